The molecule has 148 valence electrons. The van der Waals surface area contributed by atoms with Crippen LogP contribution in [0.25, 0.3) is 0 Å². The summed E-state index contributed by atoms with van der Waals surface area (Å²) in [5, 5.41) is 11.6. The normalized spacial score (nSPS) is 12.1. The van der Waals surface area contributed by atoms with Crippen LogP contribution in [0, 0.1) is 17.0 Å². The van der Waals surface area contributed by atoms with Gasteiger partial charge in [0.2, 0.25) is 0 Å². The lowest BCUT2D eigenvalue weighted by atomic mass is 10.2. The summed E-state index contributed by atoms with van der Waals surface area (Å²) in [6.45, 7) is 2.37. The molecule has 1 amide bonds. The Kier molecular flexibility index (Phi) is 6.47. The number of nitrogens with one attached hydrogen (secondary N) is 1. The largest absolute Gasteiger partial charge is 0.455 e. The number of rotatable bonds is 7. The van der Waals surface area contributed by atoms with Gasteiger partial charge in [0.1, 0.15) is 0 Å². The third-order valence-electron chi connectivity index (χ3n) is 3.85. The van der Waals surface area contributed by atoms with Gasteiger partial charge in [0, 0.05) is 17.8 Å². The zero-order valence-corrected chi connectivity index (χ0v) is 15.9. The van der Waals surface area contributed by atoms with E-state index in [1.54, 1.807) is 24.3 Å². The molecule has 10 heteroatoms. The summed E-state index contributed by atoms with van der Waals surface area (Å²) in [6.07, 6.45) is 0. The van der Waals surface area contributed by atoms with Crippen molar-refractivity contribution in [2.24, 2.45) is 0 Å². The fourth-order valence-corrected chi connectivity index (χ4v) is 3.42. The van der Waals surface area contributed by atoms with Crippen molar-refractivity contribution in [3.8, 4) is 0 Å². The Balaban J connectivity index is 1.97. The lowest BCUT2D eigenvalue weighted by molar-refractivity contribution is -0.384. The molecule has 0 fully saturated rings. The van der Waals surface area contributed by atoms with E-state index in [1.165, 1.54) is 0 Å². The molecule has 0 unspecified atom stereocenters. The van der Waals surface area contributed by atoms with E-state index in [0.29, 0.717) is 5.69 Å². The number of benzene rings is 2. The van der Waals surface area contributed by atoms with Crippen LogP contribution in [-0.4, -0.2) is 37.1 Å². The molecule has 1 atom stereocenters. The second-order valence-electron chi connectivity index (χ2n) is 5.96. The van der Waals surface area contributed by atoms with Crippen LogP contribution in [-0.2, 0) is 24.2 Å². The molecular weight excluding hydrogens is 388 g/mol. The number of amides is 1. The average molecular weight is 406 g/mol. The number of aryl methyl sites for hydroxylation is 1. The van der Waals surface area contributed by atoms with Gasteiger partial charge in [0.15, 0.2) is 21.7 Å². The van der Waals surface area contributed by atoms with Crippen LogP contribution in [0.5, 0.6) is 0 Å². The van der Waals surface area contributed by atoms with E-state index < -0.39 is 38.5 Å². The lowest BCUT2D eigenvalue weighted by Crippen LogP contribution is -2.31. The van der Waals surface area contributed by atoms with Gasteiger partial charge in [-0.1, -0.05) is 17.7 Å². The maximum Gasteiger partial charge on any atom is 0.324 e. The fraction of sp³-hybridized carbons (Fsp3) is 0.222. The highest BCUT2D eigenvalue weighted by Gasteiger charge is 2.31. The van der Waals surface area contributed by atoms with Crippen molar-refractivity contribution in [3.05, 3.63) is 64.2 Å². The predicted molar refractivity (Wildman–Crippen MR) is 101 cm³/mol. The topological polar surface area (TPSA) is 133 Å². The Labute approximate surface area is 161 Å². The maximum atomic E-state index is 12.5. The molecule has 2 rings (SSSR count). The first-order valence-corrected chi connectivity index (χ1v) is 9.67. The van der Waals surface area contributed by atoms with Crippen LogP contribution in [0.15, 0.2) is 53.4 Å². The number of non-ortho nitro benzene ring substituents is 1. The molecule has 0 aromatic heterocycles. The number of hydrogen-bond acceptors (Lipinski definition) is 7. The summed E-state index contributed by atoms with van der Waals surface area (Å²) in [5.74, 6) is -1.71. The summed E-state index contributed by atoms with van der Waals surface area (Å²) < 4.78 is 29.7. The van der Waals surface area contributed by atoms with Crippen LogP contribution < -0.4 is 5.32 Å². The van der Waals surface area contributed by atoms with E-state index in [4.69, 9.17) is 4.74 Å². The Bertz CT molecular complexity index is 984. The minimum absolute atomic E-state index is 0.258. The Hall–Kier alpha value is -3.27. The van der Waals surface area contributed by atoms with E-state index in [-0.39, 0.29) is 10.6 Å². The fourth-order valence-electron chi connectivity index (χ4n) is 2.18. The third kappa shape index (κ3) is 5.13. The van der Waals surface area contributed by atoms with Crippen LogP contribution in [0.4, 0.5) is 11.4 Å². The van der Waals surface area contributed by atoms with E-state index in [1.807, 2.05) is 6.92 Å². The third-order valence-corrected chi connectivity index (χ3v) is 5.91. The standard InChI is InChI=1S/C18H18N2O7S/c1-12-3-5-14(6-4-12)19-17(21)11-27-18(22)13(2)28(25,26)16-9-7-15(8-10-16)20(23)24/h3-10,13H,11H2,1-2H3,(H,19,21)/t13-/m1/s1. The zero-order valence-electron chi connectivity index (χ0n) is 15.1. The number of sulfone groups is 1. The van der Waals surface area contributed by atoms with Gasteiger partial charge >= 0.3 is 5.97 Å². The van der Waals surface area contributed by atoms with Gasteiger partial charge in [-0.05, 0) is 38.1 Å². The molecule has 28 heavy (non-hydrogen) atoms. The number of nitro benzene ring substituents is 1. The highest BCUT2D eigenvalue weighted by Crippen LogP contribution is 2.20. The van der Waals surface area contributed by atoms with Crippen LogP contribution in [0.1, 0.15) is 12.5 Å². The minimum Gasteiger partial charge on any atom is -0.455 e. The molecule has 0 radical (unpaired) electrons. The molecule has 1 N–H and O–H groups in total. The van der Waals surface area contributed by atoms with Gasteiger partial charge in [-0.3, -0.25) is 19.7 Å². The highest BCUT2D eigenvalue weighted by molar-refractivity contribution is 7.92. The summed E-state index contributed by atoms with van der Waals surface area (Å²) >= 11 is 0. The molecule has 0 heterocycles. The van der Waals surface area contributed by atoms with Gasteiger partial charge in [-0.25, -0.2) is 8.42 Å². The molecule has 0 bridgehead atoms. The van der Waals surface area contributed by atoms with Gasteiger partial charge in [-0.2, -0.15) is 0 Å². The number of ether oxygens (including phenoxy) is 1. The second-order valence-corrected chi connectivity index (χ2v) is 8.23. The molecule has 2 aromatic carbocycles. The predicted octanol–water partition coefficient (Wildman–Crippen LogP) is 2.25. The maximum absolute atomic E-state index is 12.5. The number of carbonyl (C=O) groups excluding carboxylic acids is 2. The van der Waals surface area contributed by atoms with Gasteiger partial charge in [0.25, 0.3) is 11.6 Å². The summed E-state index contributed by atoms with van der Waals surface area (Å²) in [5.41, 5.74) is 1.25. The van der Waals surface area contributed by atoms with Crippen molar-refractivity contribution in [2.75, 3.05) is 11.9 Å². The summed E-state index contributed by atoms with van der Waals surface area (Å²) in [6, 6.07) is 11.1. The minimum atomic E-state index is -4.12. The molecule has 0 aliphatic carbocycles. The summed E-state index contributed by atoms with van der Waals surface area (Å²) in [7, 11) is -4.12. The Morgan fingerprint density at radius 1 is 1.11 bits per heavy atom. The average Bonchev–Trinajstić information content (AvgIpc) is 2.67. The number of anilines is 1. The van der Waals surface area contributed by atoms with Crippen molar-refractivity contribution < 1.29 is 27.7 Å². The van der Waals surface area contributed by atoms with E-state index in [9.17, 15) is 28.1 Å². The van der Waals surface area contributed by atoms with Gasteiger partial charge in [-0.15, -0.1) is 0 Å². The Morgan fingerprint density at radius 2 is 1.68 bits per heavy atom. The highest BCUT2D eigenvalue weighted by atomic mass is 32.2. The number of esters is 1. The second kappa shape index (κ2) is 8.61. The first-order valence-electron chi connectivity index (χ1n) is 8.13. The van der Waals surface area contributed by atoms with Crippen molar-refractivity contribution in [2.45, 2.75) is 24.0 Å². The van der Waals surface area contributed by atoms with Crippen LogP contribution in [0.2, 0.25) is 0 Å². The van der Waals surface area contributed by atoms with E-state index in [2.05, 4.69) is 5.32 Å². The number of nitro groups is 1. The zero-order chi connectivity index (χ0) is 20.9. The monoisotopic (exact) mass is 406 g/mol. The van der Waals surface area contributed by atoms with Crippen molar-refractivity contribution in [3.63, 3.8) is 0 Å². The molecule has 0 saturated carbocycles. The van der Waals surface area contributed by atoms with Crippen LogP contribution in [0.3, 0.4) is 0 Å². The van der Waals surface area contributed by atoms with E-state index >= 15 is 0 Å². The number of carbonyl (C=O) groups is 2. The molecule has 9 nitrogen and oxygen atoms in total. The molecular formula is C18H18N2O7S. The first kappa shape index (κ1) is 21.0. The smallest absolute Gasteiger partial charge is 0.324 e. The number of nitrogens with zero attached hydrogens (tertiary/aromatic N) is 1. The lowest BCUT2D eigenvalue weighted by Gasteiger charge is -2.13. The molecule has 0 saturated heterocycles. The Morgan fingerprint density at radius 3 is 2.21 bits per heavy atom. The molecule has 0 aliphatic heterocycles. The molecule has 0 spiro atoms. The van der Waals surface area contributed by atoms with Gasteiger partial charge in [0.05, 0.1) is 9.82 Å². The van der Waals surface area contributed by atoms with Crippen molar-refractivity contribution >= 4 is 33.1 Å². The van der Waals surface area contributed by atoms with E-state index in [0.717, 1.165) is 36.8 Å². The molecule has 0 aliphatic rings. The SMILES string of the molecule is Cc1ccc(NC(=O)COC(=O)[C@@H](C)S(=O)(=O)c2ccc([N+](=O)[O-])cc2)cc1. The number of hydrogen-bond donors (Lipinski definition) is 1. The summed E-state index contributed by atoms with van der Waals surface area (Å²) in [4.78, 5) is 33.6. The first-order chi connectivity index (χ1) is 13.1. The quantitative estimate of drug-likeness (QED) is 0.423. The van der Waals surface area contributed by atoms with Crippen molar-refractivity contribution in [1.29, 1.82) is 0 Å². The van der Waals surface area contributed by atoms with Crippen molar-refractivity contribution in [1.82, 2.24) is 0 Å². The van der Waals surface area contributed by atoms with Gasteiger partial charge < -0.3 is 10.1 Å². The van der Waals surface area contributed by atoms with Crippen LogP contribution >= 0.6 is 0 Å². The molecule has 2 aromatic rings.